The summed E-state index contributed by atoms with van der Waals surface area (Å²) >= 11 is 0. The predicted octanol–water partition coefficient (Wildman–Crippen LogP) is 0.886. The molecule has 0 aromatic rings. The highest BCUT2D eigenvalue weighted by Crippen LogP contribution is 2.12. The van der Waals surface area contributed by atoms with Gasteiger partial charge in [0.2, 0.25) is 0 Å². The van der Waals surface area contributed by atoms with Crippen LogP contribution in [0.3, 0.4) is 0 Å². The lowest BCUT2D eigenvalue weighted by atomic mass is 9.97. The van der Waals surface area contributed by atoms with E-state index < -0.39 is 5.54 Å². The van der Waals surface area contributed by atoms with Gasteiger partial charge in [0.25, 0.3) is 0 Å². The Bertz CT molecular complexity index is 236. The summed E-state index contributed by atoms with van der Waals surface area (Å²) in [6, 6.07) is 0. The molecule has 1 unspecified atom stereocenters. The van der Waals surface area contributed by atoms with Gasteiger partial charge in [-0.1, -0.05) is 6.92 Å². The number of nitrogens with one attached hydrogen (secondary N) is 1. The molecule has 18 heavy (non-hydrogen) atoms. The van der Waals surface area contributed by atoms with Crippen LogP contribution in [0, 0.1) is 0 Å². The van der Waals surface area contributed by atoms with Gasteiger partial charge in [0.15, 0.2) is 0 Å². The molecule has 0 radical (unpaired) electrons. The molecule has 0 aliphatic carbocycles. The van der Waals surface area contributed by atoms with Gasteiger partial charge in [-0.2, -0.15) is 0 Å². The van der Waals surface area contributed by atoms with Crippen LogP contribution in [0.4, 0.5) is 0 Å². The zero-order chi connectivity index (χ0) is 14.0. The molecule has 0 fully saturated rings. The number of carbonyl (C=O) groups is 1. The Labute approximate surface area is 111 Å². The molecular formula is C13H28N2O3. The number of hydrogen-bond acceptors (Lipinski definition) is 5. The molecule has 0 heterocycles. The number of esters is 1. The van der Waals surface area contributed by atoms with Gasteiger partial charge in [0.1, 0.15) is 5.54 Å². The van der Waals surface area contributed by atoms with Crippen molar-refractivity contribution in [3.05, 3.63) is 0 Å². The van der Waals surface area contributed by atoms with Crippen molar-refractivity contribution in [2.75, 3.05) is 47.5 Å². The molecule has 0 rings (SSSR count). The Morgan fingerprint density at radius 2 is 2.00 bits per heavy atom. The summed E-state index contributed by atoms with van der Waals surface area (Å²) in [7, 11) is 5.19. The van der Waals surface area contributed by atoms with Crippen LogP contribution in [0.25, 0.3) is 0 Å². The highest BCUT2D eigenvalue weighted by molar-refractivity contribution is 5.80. The first-order valence-corrected chi connectivity index (χ1v) is 6.51. The quantitative estimate of drug-likeness (QED) is 0.467. The fourth-order valence-corrected chi connectivity index (χ4v) is 1.88. The highest BCUT2D eigenvalue weighted by atomic mass is 16.5. The van der Waals surface area contributed by atoms with Gasteiger partial charge in [0, 0.05) is 26.8 Å². The number of rotatable bonds is 10. The van der Waals surface area contributed by atoms with Crippen molar-refractivity contribution in [2.24, 2.45) is 0 Å². The first-order chi connectivity index (χ1) is 8.50. The Morgan fingerprint density at radius 1 is 1.33 bits per heavy atom. The molecule has 5 nitrogen and oxygen atoms in total. The standard InChI is InChI=1S/C13H28N2O3/c1-6-14-13(2,12(16)18-5)8-10-15(3)9-7-11-17-4/h14H,6-11H2,1-5H3. The molecule has 108 valence electrons. The predicted molar refractivity (Wildman–Crippen MR) is 72.7 cm³/mol. The van der Waals surface area contributed by atoms with Crippen molar-refractivity contribution in [3.8, 4) is 0 Å². The first kappa shape index (κ1) is 17.4. The van der Waals surface area contributed by atoms with E-state index in [-0.39, 0.29) is 5.97 Å². The summed E-state index contributed by atoms with van der Waals surface area (Å²) < 4.78 is 9.88. The molecule has 0 aliphatic heterocycles. The molecule has 0 spiro atoms. The number of methoxy groups -OCH3 is 2. The first-order valence-electron chi connectivity index (χ1n) is 6.51. The molecule has 0 aromatic carbocycles. The average Bonchev–Trinajstić information content (AvgIpc) is 2.36. The van der Waals surface area contributed by atoms with Gasteiger partial charge >= 0.3 is 5.97 Å². The number of carbonyl (C=O) groups excluding carboxylic acids is 1. The lowest BCUT2D eigenvalue weighted by Crippen LogP contribution is -2.51. The number of hydrogen-bond donors (Lipinski definition) is 1. The van der Waals surface area contributed by atoms with Crippen LogP contribution in [0.5, 0.6) is 0 Å². The second-order valence-corrected chi connectivity index (χ2v) is 4.75. The normalized spacial score (nSPS) is 14.6. The zero-order valence-corrected chi connectivity index (χ0v) is 12.4. The highest BCUT2D eigenvalue weighted by Gasteiger charge is 2.33. The van der Waals surface area contributed by atoms with Gasteiger partial charge in [0.05, 0.1) is 7.11 Å². The molecule has 1 atom stereocenters. The lowest BCUT2D eigenvalue weighted by molar-refractivity contribution is -0.148. The number of likely N-dealkylation sites (N-methyl/N-ethyl adjacent to an activating group) is 1. The van der Waals surface area contributed by atoms with E-state index in [4.69, 9.17) is 9.47 Å². The SMILES string of the molecule is CCNC(C)(CCN(C)CCCOC)C(=O)OC. The average molecular weight is 260 g/mol. The topological polar surface area (TPSA) is 50.8 Å². The molecule has 0 aliphatic rings. The smallest absolute Gasteiger partial charge is 0.325 e. The molecule has 5 heteroatoms. The van der Waals surface area contributed by atoms with Gasteiger partial charge < -0.3 is 19.7 Å². The number of nitrogens with zero attached hydrogens (tertiary/aromatic N) is 1. The maximum atomic E-state index is 11.8. The molecular weight excluding hydrogens is 232 g/mol. The van der Waals surface area contributed by atoms with Crippen molar-refractivity contribution in [2.45, 2.75) is 32.2 Å². The van der Waals surface area contributed by atoms with Crippen LogP contribution in [0.15, 0.2) is 0 Å². The second-order valence-electron chi connectivity index (χ2n) is 4.75. The summed E-state index contributed by atoms with van der Waals surface area (Å²) in [5.74, 6) is -0.199. The number of ether oxygens (including phenoxy) is 2. The Balaban J connectivity index is 4.14. The minimum atomic E-state index is -0.598. The third kappa shape index (κ3) is 6.33. The van der Waals surface area contributed by atoms with E-state index in [1.54, 1.807) is 7.11 Å². The van der Waals surface area contributed by atoms with Gasteiger partial charge in [-0.15, -0.1) is 0 Å². The van der Waals surface area contributed by atoms with E-state index in [2.05, 4.69) is 17.3 Å². The second kappa shape index (κ2) is 9.30. The molecule has 0 aromatic heterocycles. The van der Waals surface area contributed by atoms with E-state index in [9.17, 15) is 4.79 Å². The summed E-state index contributed by atoms with van der Waals surface area (Å²) in [4.78, 5) is 14.0. The monoisotopic (exact) mass is 260 g/mol. The van der Waals surface area contributed by atoms with Gasteiger partial charge in [-0.3, -0.25) is 4.79 Å². The van der Waals surface area contributed by atoms with Crippen LogP contribution < -0.4 is 5.32 Å². The largest absolute Gasteiger partial charge is 0.468 e. The van der Waals surface area contributed by atoms with Crippen molar-refractivity contribution < 1.29 is 14.3 Å². The van der Waals surface area contributed by atoms with Crippen molar-refractivity contribution in [1.82, 2.24) is 10.2 Å². The lowest BCUT2D eigenvalue weighted by Gasteiger charge is -2.29. The molecule has 1 N–H and O–H groups in total. The van der Waals surface area contributed by atoms with Crippen LogP contribution in [0.1, 0.15) is 26.7 Å². The van der Waals surface area contributed by atoms with E-state index >= 15 is 0 Å². The molecule has 0 saturated carbocycles. The van der Waals surface area contributed by atoms with E-state index in [0.29, 0.717) is 0 Å². The summed E-state index contributed by atoms with van der Waals surface area (Å²) in [5.41, 5.74) is -0.598. The maximum Gasteiger partial charge on any atom is 0.325 e. The maximum absolute atomic E-state index is 11.8. The third-order valence-electron chi connectivity index (χ3n) is 3.08. The van der Waals surface area contributed by atoms with Crippen LogP contribution in [-0.4, -0.2) is 63.9 Å². The minimum absolute atomic E-state index is 0.199. The molecule has 0 amide bonds. The van der Waals surface area contributed by atoms with Gasteiger partial charge in [-0.05, 0) is 33.4 Å². The fourth-order valence-electron chi connectivity index (χ4n) is 1.88. The molecule has 0 saturated heterocycles. The summed E-state index contributed by atoms with van der Waals surface area (Å²) in [5, 5.41) is 3.21. The minimum Gasteiger partial charge on any atom is -0.468 e. The Morgan fingerprint density at radius 3 is 2.50 bits per heavy atom. The fraction of sp³-hybridized carbons (Fsp3) is 0.923. The Kier molecular flexibility index (Phi) is 8.97. The zero-order valence-electron chi connectivity index (χ0n) is 12.4. The van der Waals surface area contributed by atoms with E-state index in [0.717, 1.165) is 39.1 Å². The van der Waals surface area contributed by atoms with Crippen molar-refractivity contribution in [1.29, 1.82) is 0 Å². The summed E-state index contributed by atoms with van der Waals surface area (Å²) in [6.45, 7) is 7.22. The van der Waals surface area contributed by atoms with Crippen molar-refractivity contribution in [3.63, 3.8) is 0 Å². The van der Waals surface area contributed by atoms with Crippen LogP contribution >= 0.6 is 0 Å². The van der Waals surface area contributed by atoms with Crippen molar-refractivity contribution >= 4 is 5.97 Å². The third-order valence-corrected chi connectivity index (χ3v) is 3.08. The van der Waals surface area contributed by atoms with E-state index in [1.807, 2.05) is 13.8 Å². The van der Waals surface area contributed by atoms with E-state index in [1.165, 1.54) is 7.11 Å². The van der Waals surface area contributed by atoms with Crippen LogP contribution in [-0.2, 0) is 14.3 Å². The molecule has 0 bridgehead atoms. The Hall–Kier alpha value is -0.650. The van der Waals surface area contributed by atoms with Crippen LogP contribution in [0.2, 0.25) is 0 Å². The van der Waals surface area contributed by atoms with Gasteiger partial charge in [-0.25, -0.2) is 0 Å². The summed E-state index contributed by atoms with van der Waals surface area (Å²) in [6.07, 6.45) is 1.74.